The van der Waals surface area contributed by atoms with Gasteiger partial charge in [-0.25, -0.2) is 0 Å². The summed E-state index contributed by atoms with van der Waals surface area (Å²) in [5, 5.41) is 2.07. The molecule has 0 aliphatic carbocycles. The number of nitrogens with zero attached hydrogens (tertiary/aromatic N) is 1. The number of carbonyl (C=O) groups excluding carboxylic acids is 3. The van der Waals surface area contributed by atoms with Crippen molar-refractivity contribution in [2.24, 2.45) is 0 Å². The smallest absolute Gasteiger partial charge is 0.279 e. The Morgan fingerprint density at radius 2 is 1.65 bits per heavy atom. The van der Waals surface area contributed by atoms with Crippen molar-refractivity contribution in [2.75, 3.05) is 6.54 Å². The van der Waals surface area contributed by atoms with Crippen molar-refractivity contribution in [3.05, 3.63) is 84.4 Å². The molecular weight excluding hydrogens is 394 g/mol. The normalized spacial score (nSPS) is 13.6. The Morgan fingerprint density at radius 3 is 2.39 bits per heavy atom. The molecule has 0 saturated carbocycles. The van der Waals surface area contributed by atoms with Crippen LogP contribution in [-0.2, 0) is 9.59 Å². The van der Waals surface area contributed by atoms with Crippen LogP contribution in [0.1, 0.15) is 22.8 Å². The van der Waals surface area contributed by atoms with Crippen LogP contribution in [0.2, 0.25) is 0 Å². The maximum Gasteiger partial charge on any atom is 0.279 e. The number of hydrazine groups is 1. The van der Waals surface area contributed by atoms with E-state index in [-0.39, 0.29) is 12.5 Å². The van der Waals surface area contributed by atoms with Gasteiger partial charge in [0.05, 0.1) is 0 Å². The summed E-state index contributed by atoms with van der Waals surface area (Å²) in [6.45, 7) is 5.22. The van der Waals surface area contributed by atoms with Crippen LogP contribution in [0.4, 0.5) is 0 Å². The second kappa shape index (κ2) is 8.31. The summed E-state index contributed by atoms with van der Waals surface area (Å²) in [7, 11) is 0. The van der Waals surface area contributed by atoms with Crippen molar-refractivity contribution in [1.29, 1.82) is 0 Å². The largest absolute Gasteiger partial charge is 0.481 e. The Kier molecular flexibility index (Phi) is 5.41. The van der Waals surface area contributed by atoms with Crippen LogP contribution < -0.4 is 15.6 Å². The number of hydrogen-bond donors (Lipinski definition) is 2. The van der Waals surface area contributed by atoms with Crippen LogP contribution in [0.5, 0.6) is 5.75 Å². The molecule has 7 nitrogen and oxygen atoms in total. The summed E-state index contributed by atoms with van der Waals surface area (Å²) in [5.74, 6) is -0.815. The number of hydrogen-bond acceptors (Lipinski definition) is 4. The van der Waals surface area contributed by atoms with Crippen LogP contribution in [0, 0.1) is 0 Å². The molecule has 3 aromatic rings. The summed E-state index contributed by atoms with van der Waals surface area (Å²) < 4.78 is 5.68. The molecule has 0 spiro atoms. The highest BCUT2D eigenvalue weighted by atomic mass is 16.5. The van der Waals surface area contributed by atoms with E-state index in [0.29, 0.717) is 22.6 Å². The number of amides is 3. The average Bonchev–Trinajstić information content (AvgIpc) is 3.02. The third kappa shape index (κ3) is 4.11. The van der Waals surface area contributed by atoms with Gasteiger partial charge >= 0.3 is 0 Å². The monoisotopic (exact) mass is 415 g/mol. The zero-order valence-corrected chi connectivity index (χ0v) is 16.9. The lowest BCUT2D eigenvalue weighted by Crippen LogP contribution is -2.50. The maximum atomic E-state index is 12.5. The van der Waals surface area contributed by atoms with Crippen molar-refractivity contribution in [2.45, 2.75) is 13.0 Å². The van der Waals surface area contributed by atoms with E-state index < -0.39 is 17.9 Å². The van der Waals surface area contributed by atoms with Gasteiger partial charge in [0.1, 0.15) is 12.3 Å². The van der Waals surface area contributed by atoms with Gasteiger partial charge in [0, 0.05) is 16.8 Å². The highest BCUT2D eigenvalue weighted by molar-refractivity contribution is 6.10. The fourth-order valence-corrected chi connectivity index (χ4v) is 3.42. The lowest BCUT2D eigenvalue weighted by molar-refractivity contribution is -0.132. The van der Waals surface area contributed by atoms with E-state index in [9.17, 15) is 14.4 Å². The summed E-state index contributed by atoms with van der Waals surface area (Å²) in [4.78, 5) is 38.3. The number of carbonyl (C=O) groups is 3. The Labute approximate surface area is 179 Å². The molecule has 156 valence electrons. The minimum Gasteiger partial charge on any atom is -0.481 e. The summed E-state index contributed by atoms with van der Waals surface area (Å²) in [6, 6.07) is 20.4. The first-order valence-corrected chi connectivity index (χ1v) is 9.78. The van der Waals surface area contributed by atoms with Crippen molar-refractivity contribution in [3.63, 3.8) is 0 Å². The van der Waals surface area contributed by atoms with Crippen LogP contribution in [0.25, 0.3) is 16.5 Å². The van der Waals surface area contributed by atoms with Gasteiger partial charge < -0.3 is 4.74 Å². The molecule has 0 aromatic heterocycles. The molecule has 1 aliphatic heterocycles. The number of ether oxygens (including phenoxy) is 1. The first kappa shape index (κ1) is 20.2. The topological polar surface area (TPSA) is 87.7 Å². The summed E-state index contributed by atoms with van der Waals surface area (Å²) in [5.41, 5.74) is 6.30. The van der Waals surface area contributed by atoms with E-state index in [1.54, 1.807) is 37.3 Å². The van der Waals surface area contributed by atoms with E-state index in [2.05, 4.69) is 17.4 Å². The third-order valence-electron chi connectivity index (χ3n) is 5.07. The van der Waals surface area contributed by atoms with Gasteiger partial charge in [0.2, 0.25) is 0 Å². The molecule has 1 unspecified atom stereocenters. The zero-order chi connectivity index (χ0) is 22.0. The van der Waals surface area contributed by atoms with Gasteiger partial charge in [-0.15, -0.1) is 0 Å². The Hall–Kier alpha value is -4.13. The van der Waals surface area contributed by atoms with Crippen LogP contribution in [0.3, 0.4) is 0 Å². The molecule has 0 saturated heterocycles. The molecule has 4 rings (SSSR count). The molecule has 31 heavy (non-hydrogen) atoms. The molecule has 2 N–H and O–H groups in total. The lowest BCUT2D eigenvalue weighted by Gasteiger charge is -2.18. The molecule has 0 radical (unpaired) electrons. The number of nitrogens with one attached hydrogen (secondary N) is 2. The van der Waals surface area contributed by atoms with Crippen molar-refractivity contribution >= 4 is 34.2 Å². The van der Waals surface area contributed by atoms with Crippen LogP contribution >= 0.6 is 0 Å². The van der Waals surface area contributed by atoms with Crippen molar-refractivity contribution < 1.29 is 19.1 Å². The standard InChI is InChI=1S/C24H21N3O4/c1-15-20-9-5-6-10-21(20)24(30)27(15)14-22(28)25-26-23(29)16(2)31-19-12-11-17-7-3-4-8-18(17)13-19/h3-13,16H,1,14H2,2H3,(H,25,28)(H,26,29). The third-order valence-corrected chi connectivity index (χ3v) is 5.07. The lowest BCUT2D eigenvalue weighted by atomic mass is 10.1. The van der Waals surface area contributed by atoms with E-state index in [4.69, 9.17) is 4.74 Å². The van der Waals surface area contributed by atoms with Crippen molar-refractivity contribution in [3.8, 4) is 5.75 Å². The highest BCUT2D eigenvalue weighted by Gasteiger charge is 2.32. The van der Waals surface area contributed by atoms with E-state index in [0.717, 1.165) is 10.8 Å². The van der Waals surface area contributed by atoms with Gasteiger partial charge in [0.25, 0.3) is 17.7 Å². The molecule has 3 amide bonds. The summed E-state index contributed by atoms with van der Waals surface area (Å²) >= 11 is 0. The molecule has 7 heteroatoms. The molecule has 1 heterocycles. The summed E-state index contributed by atoms with van der Waals surface area (Å²) in [6.07, 6.45) is -0.839. The molecule has 0 bridgehead atoms. The molecule has 1 atom stereocenters. The number of fused-ring (bicyclic) bond motifs is 2. The van der Waals surface area contributed by atoms with Crippen LogP contribution in [-0.4, -0.2) is 35.3 Å². The van der Waals surface area contributed by atoms with E-state index in [1.807, 2.05) is 36.4 Å². The SMILES string of the molecule is C=C1c2ccccc2C(=O)N1CC(=O)NNC(=O)C(C)Oc1ccc2ccccc2c1. The molecule has 1 aliphatic rings. The van der Waals surface area contributed by atoms with Gasteiger partial charge in [-0.05, 0) is 35.9 Å². The second-order valence-corrected chi connectivity index (χ2v) is 7.19. The minimum atomic E-state index is -0.839. The molecule has 0 fully saturated rings. The van der Waals surface area contributed by atoms with E-state index >= 15 is 0 Å². The molecular formula is C24H21N3O4. The fourth-order valence-electron chi connectivity index (χ4n) is 3.42. The number of rotatable bonds is 5. The number of benzene rings is 3. The van der Waals surface area contributed by atoms with Gasteiger partial charge in [-0.3, -0.25) is 30.1 Å². The first-order chi connectivity index (χ1) is 14.9. The van der Waals surface area contributed by atoms with Crippen molar-refractivity contribution in [1.82, 2.24) is 15.8 Å². The van der Waals surface area contributed by atoms with Gasteiger partial charge in [0.15, 0.2) is 6.10 Å². The second-order valence-electron chi connectivity index (χ2n) is 7.19. The predicted molar refractivity (Wildman–Crippen MR) is 117 cm³/mol. The molecule has 3 aromatic carbocycles. The van der Waals surface area contributed by atoms with Gasteiger partial charge in [-0.2, -0.15) is 0 Å². The zero-order valence-electron chi connectivity index (χ0n) is 16.9. The minimum absolute atomic E-state index is 0.257. The Bertz CT molecular complexity index is 1170. The van der Waals surface area contributed by atoms with E-state index in [1.165, 1.54) is 4.90 Å². The Morgan fingerprint density at radius 1 is 0.968 bits per heavy atom. The quantitative estimate of drug-likeness (QED) is 0.628. The predicted octanol–water partition coefficient (Wildman–Crippen LogP) is 2.88. The average molecular weight is 415 g/mol. The van der Waals surface area contributed by atoms with Gasteiger partial charge in [-0.1, -0.05) is 55.1 Å². The maximum absolute atomic E-state index is 12.5. The highest BCUT2D eigenvalue weighted by Crippen LogP contribution is 2.30. The Balaban J connectivity index is 1.30. The van der Waals surface area contributed by atoms with Crippen LogP contribution in [0.15, 0.2) is 73.3 Å². The fraction of sp³-hybridized carbons (Fsp3) is 0.125. The first-order valence-electron chi connectivity index (χ1n) is 9.78.